The minimum absolute atomic E-state index is 0.146. The van der Waals surface area contributed by atoms with Crippen molar-refractivity contribution in [2.45, 2.75) is 32.6 Å². The summed E-state index contributed by atoms with van der Waals surface area (Å²) in [6.07, 6.45) is 5.83. The van der Waals surface area contributed by atoms with Crippen molar-refractivity contribution in [2.75, 3.05) is 39.0 Å². The Balaban J connectivity index is 2.38. The van der Waals surface area contributed by atoms with E-state index in [-0.39, 0.29) is 5.91 Å². The fourth-order valence-corrected chi connectivity index (χ4v) is 1.86. The molecule has 0 fully saturated rings. The first kappa shape index (κ1) is 17.4. The number of rotatable bonds is 10. The summed E-state index contributed by atoms with van der Waals surface area (Å²) < 4.78 is 0. The highest BCUT2D eigenvalue weighted by molar-refractivity contribution is 5.92. The minimum atomic E-state index is -0.146. The van der Waals surface area contributed by atoms with E-state index in [1.807, 2.05) is 14.1 Å². The van der Waals surface area contributed by atoms with E-state index in [2.05, 4.69) is 32.4 Å². The van der Waals surface area contributed by atoms with Crippen molar-refractivity contribution in [2.24, 2.45) is 0 Å². The van der Waals surface area contributed by atoms with Gasteiger partial charge in [0, 0.05) is 19.2 Å². The van der Waals surface area contributed by atoms with Crippen molar-refractivity contribution in [1.82, 2.24) is 20.2 Å². The van der Waals surface area contributed by atoms with Crippen molar-refractivity contribution in [1.29, 1.82) is 0 Å². The number of nitrogens with one attached hydrogen (secondary N) is 2. The molecule has 6 heteroatoms. The summed E-state index contributed by atoms with van der Waals surface area (Å²) in [5, 5.41) is 6.09. The van der Waals surface area contributed by atoms with Crippen molar-refractivity contribution >= 4 is 11.7 Å². The van der Waals surface area contributed by atoms with E-state index < -0.39 is 0 Å². The molecule has 0 aliphatic carbocycles. The molecule has 0 aromatic carbocycles. The smallest absolute Gasteiger partial charge is 0.270 e. The highest BCUT2D eigenvalue weighted by Crippen LogP contribution is 2.05. The van der Waals surface area contributed by atoms with Gasteiger partial charge in [-0.15, -0.1) is 0 Å². The Bertz CT molecular complexity index is 422. The molecule has 1 amide bonds. The van der Waals surface area contributed by atoms with Crippen LogP contribution in [0.15, 0.2) is 12.4 Å². The predicted molar refractivity (Wildman–Crippen MR) is 85.6 cm³/mol. The lowest BCUT2D eigenvalue weighted by molar-refractivity contribution is 0.0947. The average molecular weight is 293 g/mol. The SMILES string of the molecule is CCCCCNc1cc(C(=O)NCCCN(C)C)ncn1. The molecule has 1 aromatic heterocycles. The zero-order valence-electron chi connectivity index (χ0n) is 13.4. The van der Waals surface area contributed by atoms with E-state index >= 15 is 0 Å². The van der Waals surface area contributed by atoms with Crippen LogP contribution < -0.4 is 10.6 Å². The normalized spacial score (nSPS) is 10.7. The van der Waals surface area contributed by atoms with Crippen LogP contribution in [-0.4, -0.2) is 54.5 Å². The second kappa shape index (κ2) is 10.1. The lowest BCUT2D eigenvalue weighted by Crippen LogP contribution is -2.28. The predicted octanol–water partition coefficient (Wildman–Crippen LogP) is 1.76. The second-order valence-electron chi connectivity index (χ2n) is 5.34. The Morgan fingerprint density at radius 3 is 2.71 bits per heavy atom. The topological polar surface area (TPSA) is 70.2 Å². The number of hydrogen-bond acceptors (Lipinski definition) is 5. The molecule has 2 N–H and O–H groups in total. The molecule has 21 heavy (non-hydrogen) atoms. The summed E-state index contributed by atoms with van der Waals surface area (Å²) in [4.78, 5) is 22.2. The van der Waals surface area contributed by atoms with E-state index in [9.17, 15) is 4.79 Å². The van der Waals surface area contributed by atoms with Crippen molar-refractivity contribution in [3.8, 4) is 0 Å². The number of anilines is 1. The molecule has 1 aromatic rings. The van der Waals surface area contributed by atoms with E-state index in [1.165, 1.54) is 19.2 Å². The van der Waals surface area contributed by atoms with E-state index in [1.54, 1.807) is 6.07 Å². The monoisotopic (exact) mass is 293 g/mol. The van der Waals surface area contributed by atoms with E-state index in [0.29, 0.717) is 18.1 Å². The van der Waals surface area contributed by atoms with Crippen LogP contribution >= 0.6 is 0 Å². The first-order valence-corrected chi connectivity index (χ1v) is 7.62. The van der Waals surface area contributed by atoms with Crippen LogP contribution in [0.2, 0.25) is 0 Å². The number of carbonyl (C=O) groups is 1. The van der Waals surface area contributed by atoms with Gasteiger partial charge in [-0.05, 0) is 33.5 Å². The Labute approximate surface area is 127 Å². The van der Waals surface area contributed by atoms with Gasteiger partial charge in [-0.25, -0.2) is 9.97 Å². The molecule has 0 spiro atoms. The summed E-state index contributed by atoms with van der Waals surface area (Å²) in [5.74, 6) is 0.562. The zero-order chi connectivity index (χ0) is 15.5. The van der Waals surface area contributed by atoms with Crippen LogP contribution in [-0.2, 0) is 0 Å². The maximum absolute atomic E-state index is 12.0. The Morgan fingerprint density at radius 2 is 2.00 bits per heavy atom. The molecule has 118 valence electrons. The minimum Gasteiger partial charge on any atom is -0.370 e. The van der Waals surface area contributed by atoms with Crippen molar-refractivity contribution < 1.29 is 4.79 Å². The van der Waals surface area contributed by atoms with Gasteiger partial charge in [-0.2, -0.15) is 0 Å². The van der Waals surface area contributed by atoms with E-state index in [0.717, 1.165) is 25.9 Å². The molecule has 0 saturated heterocycles. The second-order valence-corrected chi connectivity index (χ2v) is 5.34. The number of unbranched alkanes of at least 4 members (excludes halogenated alkanes) is 2. The maximum atomic E-state index is 12.0. The molecular formula is C15H27N5O. The fraction of sp³-hybridized carbons (Fsp3) is 0.667. The first-order chi connectivity index (χ1) is 10.1. The van der Waals surface area contributed by atoms with Crippen LogP contribution in [0.3, 0.4) is 0 Å². The summed E-state index contributed by atoms with van der Waals surface area (Å²) in [5.41, 5.74) is 0.410. The van der Waals surface area contributed by atoms with Crippen LogP contribution in [0.5, 0.6) is 0 Å². The average Bonchev–Trinajstić information content (AvgIpc) is 2.48. The summed E-state index contributed by atoms with van der Waals surface area (Å²) >= 11 is 0. The third-order valence-electron chi connectivity index (χ3n) is 3.05. The van der Waals surface area contributed by atoms with Gasteiger partial charge in [0.2, 0.25) is 0 Å². The number of carbonyl (C=O) groups excluding carboxylic acids is 1. The molecule has 0 atom stereocenters. The molecular weight excluding hydrogens is 266 g/mol. The standard InChI is InChI=1S/C15H27N5O/c1-4-5-6-8-16-14-11-13(18-12-19-14)15(21)17-9-7-10-20(2)3/h11-12H,4-10H2,1-3H3,(H,17,21)(H,16,18,19). The maximum Gasteiger partial charge on any atom is 0.270 e. The van der Waals surface area contributed by atoms with Gasteiger partial charge in [0.15, 0.2) is 0 Å². The van der Waals surface area contributed by atoms with Gasteiger partial charge < -0.3 is 15.5 Å². The lowest BCUT2D eigenvalue weighted by atomic mass is 10.2. The van der Waals surface area contributed by atoms with Gasteiger partial charge >= 0.3 is 0 Å². The van der Waals surface area contributed by atoms with Crippen LogP contribution in [0, 0.1) is 0 Å². The number of aromatic nitrogens is 2. The third-order valence-corrected chi connectivity index (χ3v) is 3.05. The van der Waals surface area contributed by atoms with E-state index in [4.69, 9.17) is 0 Å². The van der Waals surface area contributed by atoms with Crippen molar-refractivity contribution in [3.05, 3.63) is 18.1 Å². The molecule has 0 aliphatic heterocycles. The highest BCUT2D eigenvalue weighted by atomic mass is 16.1. The third kappa shape index (κ3) is 7.60. The molecule has 6 nitrogen and oxygen atoms in total. The van der Waals surface area contributed by atoms with Gasteiger partial charge in [0.25, 0.3) is 5.91 Å². The number of nitrogens with zero attached hydrogens (tertiary/aromatic N) is 3. The van der Waals surface area contributed by atoms with Crippen LogP contribution in [0.4, 0.5) is 5.82 Å². The molecule has 0 aliphatic rings. The molecule has 1 heterocycles. The molecule has 1 rings (SSSR count). The number of amides is 1. The summed E-state index contributed by atoms with van der Waals surface area (Å²) in [6, 6.07) is 1.70. The van der Waals surface area contributed by atoms with Gasteiger partial charge in [0.1, 0.15) is 17.8 Å². The molecule has 0 radical (unpaired) electrons. The number of hydrogen-bond donors (Lipinski definition) is 2. The fourth-order valence-electron chi connectivity index (χ4n) is 1.86. The summed E-state index contributed by atoms with van der Waals surface area (Å²) in [6.45, 7) is 4.65. The first-order valence-electron chi connectivity index (χ1n) is 7.62. The Hall–Kier alpha value is -1.69. The summed E-state index contributed by atoms with van der Waals surface area (Å²) in [7, 11) is 4.03. The molecule has 0 bridgehead atoms. The molecule has 0 saturated carbocycles. The van der Waals surface area contributed by atoms with Gasteiger partial charge in [-0.3, -0.25) is 4.79 Å². The lowest BCUT2D eigenvalue weighted by Gasteiger charge is -2.10. The van der Waals surface area contributed by atoms with Crippen LogP contribution in [0.25, 0.3) is 0 Å². The largest absolute Gasteiger partial charge is 0.370 e. The van der Waals surface area contributed by atoms with Gasteiger partial charge in [0.05, 0.1) is 0 Å². The zero-order valence-corrected chi connectivity index (χ0v) is 13.4. The molecule has 0 unspecified atom stereocenters. The van der Waals surface area contributed by atoms with Crippen molar-refractivity contribution in [3.63, 3.8) is 0 Å². The van der Waals surface area contributed by atoms with Crippen LogP contribution in [0.1, 0.15) is 43.1 Å². The van der Waals surface area contributed by atoms with Gasteiger partial charge in [-0.1, -0.05) is 19.8 Å². The highest BCUT2D eigenvalue weighted by Gasteiger charge is 2.07. The Kier molecular flexibility index (Phi) is 8.35. The Morgan fingerprint density at radius 1 is 1.19 bits per heavy atom. The quantitative estimate of drug-likeness (QED) is 0.643.